The Kier molecular flexibility index (Phi) is 15.0. The van der Waals surface area contributed by atoms with E-state index in [4.69, 9.17) is 16.3 Å². The summed E-state index contributed by atoms with van der Waals surface area (Å²) in [7, 11) is -4.24. The number of piperidine rings is 1. The maximum atomic E-state index is 14.2. The Balaban J connectivity index is 1.82. The summed E-state index contributed by atoms with van der Waals surface area (Å²) < 4.78 is 72.2. The molecule has 3 rings (SSSR count). The molecule has 2 atom stereocenters. The number of Topliss-reactive ketones (excluding diaryl/α,β-unsaturated/α-hetero) is 1. The van der Waals surface area contributed by atoms with Crippen LogP contribution in [0.25, 0.3) is 0 Å². The second-order valence-electron chi connectivity index (χ2n) is 13.2. The number of carbonyl (C=O) groups is 6. The van der Waals surface area contributed by atoms with Gasteiger partial charge in [-0.1, -0.05) is 39.3 Å². The number of hydrogen-bond acceptors (Lipinski definition) is 9. The number of ketones is 1. The summed E-state index contributed by atoms with van der Waals surface area (Å²) in [5, 5.41) is 5.03. The smallest absolute Gasteiger partial charge is 0.450 e. The molecule has 2 aromatic carbocycles. The predicted molar refractivity (Wildman–Crippen MR) is 190 cm³/mol. The van der Waals surface area contributed by atoms with Crippen LogP contribution in [-0.2, 0) is 29.1 Å². The Morgan fingerprint density at radius 2 is 1.37 bits per heavy atom. The Morgan fingerprint density at radius 1 is 0.852 bits per heavy atom. The molecule has 19 heteroatoms. The molecule has 2 aromatic rings. The number of carbonyl (C=O) groups excluding carboxylic acids is 6. The second-order valence-corrected chi connectivity index (χ2v) is 15.3. The number of ether oxygens (including phenoxy) is 1. The number of likely N-dealkylation sites (tertiary alicyclic amines) is 1. The first-order valence-electron chi connectivity index (χ1n) is 17.0. The molecule has 1 unspecified atom stereocenters. The van der Waals surface area contributed by atoms with Gasteiger partial charge in [0.25, 0.3) is 27.6 Å². The van der Waals surface area contributed by atoms with Crippen LogP contribution in [0, 0.1) is 11.8 Å². The molecule has 0 spiro atoms. The second kappa shape index (κ2) is 18.6. The third kappa shape index (κ3) is 11.6. The lowest BCUT2D eigenvalue weighted by atomic mass is 9.97. The molecule has 0 saturated carbocycles. The topological polar surface area (TPSA) is 188 Å². The molecule has 296 valence electrons. The van der Waals surface area contributed by atoms with E-state index in [9.17, 15) is 50.4 Å². The van der Waals surface area contributed by atoms with Gasteiger partial charge in [-0.15, -0.1) is 0 Å². The SMILES string of the molecule is CCOC(=O)N1CCC(N(CC(=O)NC(C(=O)C(F)(F)F)C(C)C)C(=O)[C@@H](NC(=O)c2ccc(C(=O)NS(=O)(=O)c3ccc(Cl)cc3)cc2)C(C)C)CC1. The van der Waals surface area contributed by atoms with Crippen LogP contribution in [0.3, 0.4) is 0 Å². The molecule has 0 radical (unpaired) electrons. The van der Waals surface area contributed by atoms with Crippen molar-refractivity contribution < 1.29 is 55.1 Å². The van der Waals surface area contributed by atoms with E-state index in [1.54, 1.807) is 20.8 Å². The van der Waals surface area contributed by atoms with Crippen LogP contribution in [0.1, 0.15) is 68.2 Å². The quantitative estimate of drug-likeness (QED) is 0.254. The third-order valence-electron chi connectivity index (χ3n) is 8.55. The lowest BCUT2D eigenvalue weighted by Gasteiger charge is -2.40. The van der Waals surface area contributed by atoms with Gasteiger partial charge in [0.1, 0.15) is 6.04 Å². The van der Waals surface area contributed by atoms with Crippen LogP contribution in [0.4, 0.5) is 18.0 Å². The molecular weight excluding hydrogens is 759 g/mol. The molecule has 1 fully saturated rings. The van der Waals surface area contributed by atoms with Gasteiger partial charge in [0, 0.05) is 35.3 Å². The molecule has 1 heterocycles. The minimum atomic E-state index is -5.22. The van der Waals surface area contributed by atoms with Crippen molar-refractivity contribution in [3.63, 3.8) is 0 Å². The minimum Gasteiger partial charge on any atom is -0.450 e. The monoisotopic (exact) mass is 801 g/mol. The first-order chi connectivity index (χ1) is 25.2. The number of sulfonamides is 1. The molecule has 54 heavy (non-hydrogen) atoms. The molecule has 0 aromatic heterocycles. The first kappa shape index (κ1) is 43.7. The van der Waals surface area contributed by atoms with Crippen LogP contribution in [0.15, 0.2) is 53.4 Å². The number of nitrogens with one attached hydrogen (secondary N) is 3. The van der Waals surface area contributed by atoms with Crippen molar-refractivity contribution in [3.05, 3.63) is 64.7 Å². The number of halogens is 4. The molecule has 1 saturated heterocycles. The molecule has 0 bridgehead atoms. The third-order valence-corrected chi connectivity index (χ3v) is 10.2. The fraction of sp³-hybridized carbons (Fsp3) is 0.486. The summed E-state index contributed by atoms with van der Waals surface area (Å²) in [4.78, 5) is 80.3. The number of nitrogens with zero attached hydrogens (tertiary/aromatic N) is 2. The molecule has 3 N–H and O–H groups in total. The zero-order valence-corrected chi connectivity index (χ0v) is 31.8. The minimum absolute atomic E-state index is 0.0111. The highest BCUT2D eigenvalue weighted by Gasteiger charge is 2.45. The summed E-state index contributed by atoms with van der Waals surface area (Å²) in [6, 6.07) is 6.13. The van der Waals surface area contributed by atoms with Gasteiger partial charge in [-0.05, 0) is 80.1 Å². The van der Waals surface area contributed by atoms with Gasteiger partial charge in [0.05, 0.1) is 24.1 Å². The van der Waals surface area contributed by atoms with E-state index in [0.29, 0.717) is 5.02 Å². The fourth-order valence-electron chi connectivity index (χ4n) is 5.59. The average Bonchev–Trinajstić information content (AvgIpc) is 3.10. The van der Waals surface area contributed by atoms with Gasteiger partial charge in [-0.2, -0.15) is 13.2 Å². The van der Waals surface area contributed by atoms with E-state index in [0.717, 1.165) is 4.90 Å². The van der Waals surface area contributed by atoms with E-state index in [-0.39, 0.29) is 48.6 Å². The van der Waals surface area contributed by atoms with E-state index in [1.807, 2.05) is 4.72 Å². The Morgan fingerprint density at radius 3 is 1.85 bits per heavy atom. The highest BCUT2D eigenvalue weighted by atomic mass is 35.5. The van der Waals surface area contributed by atoms with Gasteiger partial charge >= 0.3 is 12.3 Å². The zero-order chi connectivity index (χ0) is 40.5. The van der Waals surface area contributed by atoms with Crippen LogP contribution < -0.4 is 15.4 Å². The zero-order valence-electron chi connectivity index (χ0n) is 30.2. The molecule has 14 nitrogen and oxygen atoms in total. The highest BCUT2D eigenvalue weighted by molar-refractivity contribution is 7.90. The Hall–Kier alpha value is -4.71. The van der Waals surface area contributed by atoms with Crippen LogP contribution in [0.5, 0.6) is 0 Å². The van der Waals surface area contributed by atoms with Gasteiger partial charge in [-0.25, -0.2) is 17.9 Å². The molecule has 5 amide bonds. The van der Waals surface area contributed by atoms with Crippen molar-refractivity contribution in [2.24, 2.45) is 11.8 Å². The predicted octanol–water partition coefficient (Wildman–Crippen LogP) is 3.93. The molecule has 1 aliphatic rings. The largest absolute Gasteiger partial charge is 0.452 e. The van der Waals surface area contributed by atoms with Crippen molar-refractivity contribution in [2.45, 2.75) is 76.7 Å². The summed E-state index contributed by atoms with van der Waals surface area (Å²) in [6.07, 6.45) is -5.45. The van der Waals surface area contributed by atoms with E-state index in [2.05, 4.69) is 10.6 Å². The number of rotatable bonds is 14. The number of hydrogen-bond donors (Lipinski definition) is 3. The Labute approximate surface area is 316 Å². The van der Waals surface area contributed by atoms with Crippen molar-refractivity contribution in [2.75, 3.05) is 26.2 Å². The van der Waals surface area contributed by atoms with E-state index < -0.39 is 88.2 Å². The molecule has 1 aliphatic heterocycles. The normalized spacial score (nSPS) is 14.9. The van der Waals surface area contributed by atoms with Crippen molar-refractivity contribution >= 4 is 57.1 Å². The van der Waals surface area contributed by atoms with Gasteiger partial charge < -0.3 is 25.2 Å². The molecule has 0 aliphatic carbocycles. The summed E-state index contributed by atoms with van der Waals surface area (Å²) in [5.74, 6) is -7.18. The fourth-order valence-corrected chi connectivity index (χ4v) is 6.69. The summed E-state index contributed by atoms with van der Waals surface area (Å²) in [6.45, 7) is 7.19. The summed E-state index contributed by atoms with van der Waals surface area (Å²) in [5.41, 5.74) is -0.112. The standard InChI is InChI=1S/C35H43ClF3N5O9S/c1-6-53-34(50)43-17-15-25(16-18-43)44(19-27(45)40-28(20(2)3)30(46)35(37,38)39)33(49)29(21(4)5)41-31(47)22-7-9-23(10-8-22)32(48)42-54(51,52)26-13-11-24(36)12-14-26/h7-14,20-21,25,28-29H,6,15-19H2,1-5H3,(H,40,45)(H,41,47)(H,42,48)/t28?,29-/m0/s1. The van der Waals surface area contributed by atoms with Gasteiger partial charge in [0.15, 0.2) is 0 Å². The van der Waals surface area contributed by atoms with Crippen molar-refractivity contribution in [1.29, 1.82) is 0 Å². The van der Waals surface area contributed by atoms with Gasteiger partial charge in [0.2, 0.25) is 11.8 Å². The summed E-state index contributed by atoms with van der Waals surface area (Å²) >= 11 is 5.80. The first-order valence-corrected chi connectivity index (χ1v) is 18.9. The highest BCUT2D eigenvalue weighted by Crippen LogP contribution is 2.23. The number of benzene rings is 2. The van der Waals surface area contributed by atoms with E-state index >= 15 is 0 Å². The molecular formula is C35H43ClF3N5O9S. The Bertz CT molecular complexity index is 1800. The van der Waals surface area contributed by atoms with Crippen molar-refractivity contribution in [1.82, 2.24) is 25.2 Å². The van der Waals surface area contributed by atoms with Gasteiger partial charge in [-0.3, -0.25) is 24.0 Å². The maximum Gasteiger partial charge on any atom is 0.452 e. The van der Waals surface area contributed by atoms with Crippen LogP contribution >= 0.6 is 11.6 Å². The lowest BCUT2D eigenvalue weighted by molar-refractivity contribution is -0.175. The lowest BCUT2D eigenvalue weighted by Crippen LogP contribution is -2.59. The van der Waals surface area contributed by atoms with Crippen LogP contribution in [-0.4, -0.2) is 104 Å². The number of alkyl halides is 3. The van der Waals surface area contributed by atoms with Crippen molar-refractivity contribution in [3.8, 4) is 0 Å². The maximum absolute atomic E-state index is 14.2. The van der Waals surface area contributed by atoms with Crippen LogP contribution in [0.2, 0.25) is 5.02 Å². The average molecular weight is 802 g/mol. The number of amides is 5. The van der Waals surface area contributed by atoms with E-state index in [1.165, 1.54) is 67.3 Å².